The number of rotatable bonds is 5. The Balaban J connectivity index is 1.47. The highest BCUT2D eigenvalue weighted by atomic mass is 32.2. The van der Waals surface area contributed by atoms with Crippen LogP contribution in [0.4, 0.5) is 11.4 Å². The van der Waals surface area contributed by atoms with Crippen LogP contribution in [0.5, 0.6) is 0 Å². The Bertz CT molecular complexity index is 1360. The van der Waals surface area contributed by atoms with Crippen molar-refractivity contribution in [1.82, 2.24) is 4.31 Å². The number of hydrogen-bond donors (Lipinski definition) is 1. The Morgan fingerprint density at radius 2 is 1.78 bits per heavy atom. The number of carbonyl (C=O) groups is 2. The van der Waals surface area contributed by atoms with Crippen molar-refractivity contribution in [3.63, 3.8) is 0 Å². The molecule has 1 aliphatic heterocycles. The van der Waals surface area contributed by atoms with Gasteiger partial charge in [-0.15, -0.1) is 0 Å². The van der Waals surface area contributed by atoms with Crippen LogP contribution in [0.2, 0.25) is 0 Å². The van der Waals surface area contributed by atoms with E-state index in [0.29, 0.717) is 22.3 Å². The molecule has 0 bridgehead atoms. The van der Waals surface area contributed by atoms with Gasteiger partial charge in [0.25, 0.3) is 0 Å². The van der Waals surface area contributed by atoms with Crippen molar-refractivity contribution in [2.45, 2.75) is 11.3 Å². The van der Waals surface area contributed by atoms with Gasteiger partial charge in [-0.3, -0.25) is 9.59 Å². The minimum atomic E-state index is -3.57. The summed E-state index contributed by atoms with van der Waals surface area (Å²) < 4.78 is 30.6. The van der Waals surface area contributed by atoms with E-state index in [1.807, 2.05) is 0 Å². The van der Waals surface area contributed by atoms with Crippen molar-refractivity contribution >= 4 is 44.2 Å². The Hall–Kier alpha value is -3.50. The fraction of sp³-hybridized carbons (Fsp3) is 0.227. The highest BCUT2D eigenvalue weighted by Crippen LogP contribution is 2.28. The van der Waals surface area contributed by atoms with Crippen molar-refractivity contribution in [3.8, 4) is 0 Å². The molecular weight excluding hydrogens is 434 g/mol. The quantitative estimate of drug-likeness (QED) is 0.589. The Morgan fingerprint density at radius 1 is 1.06 bits per heavy atom. The molecule has 2 amide bonds. The molecule has 1 fully saturated rings. The van der Waals surface area contributed by atoms with E-state index in [4.69, 9.17) is 4.42 Å². The largest absolute Gasteiger partial charge is 0.423 e. The zero-order valence-electron chi connectivity index (χ0n) is 17.4. The first-order valence-corrected chi connectivity index (χ1v) is 11.3. The van der Waals surface area contributed by atoms with Gasteiger partial charge in [0.2, 0.25) is 21.8 Å². The molecule has 1 unspecified atom stereocenters. The number of amides is 2. The molecule has 0 spiro atoms. The van der Waals surface area contributed by atoms with Crippen LogP contribution in [0.3, 0.4) is 0 Å². The second-order valence-electron chi connectivity index (χ2n) is 7.68. The summed E-state index contributed by atoms with van der Waals surface area (Å²) >= 11 is 0. The van der Waals surface area contributed by atoms with Gasteiger partial charge in [-0.2, -0.15) is 0 Å². The molecule has 0 saturated carbocycles. The maximum Gasteiger partial charge on any atom is 0.336 e. The van der Waals surface area contributed by atoms with E-state index in [1.165, 1.54) is 37.2 Å². The molecule has 1 saturated heterocycles. The van der Waals surface area contributed by atoms with Crippen LogP contribution in [0.1, 0.15) is 6.42 Å². The molecular formula is C22H21N3O6S. The molecule has 0 aliphatic carbocycles. The third kappa shape index (κ3) is 4.14. The predicted molar refractivity (Wildman–Crippen MR) is 119 cm³/mol. The van der Waals surface area contributed by atoms with Gasteiger partial charge in [-0.1, -0.05) is 0 Å². The van der Waals surface area contributed by atoms with Gasteiger partial charge in [0.1, 0.15) is 5.58 Å². The zero-order valence-corrected chi connectivity index (χ0v) is 18.3. The first kappa shape index (κ1) is 21.7. The highest BCUT2D eigenvalue weighted by molar-refractivity contribution is 7.89. The first-order chi connectivity index (χ1) is 15.1. The summed E-state index contributed by atoms with van der Waals surface area (Å²) in [6.07, 6.45) is 0.0477. The van der Waals surface area contributed by atoms with Crippen molar-refractivity contribution in [3.05, 3.63) is 65.0 Å². The Kier molecular flexibility index (Phi) is 5.57. The van der Waals surface area contributed by atoms with Gasteiger partial charge < -0.3 is 14.6 Å². The molecule has 4 rings (SSSR count). The van der Waals surface area contributed by atoms with E-state index in [9.17, 15) is 22.8 Å². The van der Waals surface area contributed by atoms with E-state index in [0.717, 1.165) is 4.31 Å². The van der Waals surface area contributed by atoms with Crippen LogP contribution in [0.25, 0.3) is 11.0 Å². The van der Waals surface area contributed by atoms with Gasteiger partial charge >= 0.3 is 5.63 Å². The van der Waals surface area contributed by atoms with Crippen LogP contribution in [0, 0.1) is 5.92 Å². The second-order valence-corrected chi connectivity index (χ2v) is 9.83. The maximum absolute atomic E-state index is 12.7. The summed E-state index contributed by atoms with van der Waals surface area (Å²) in [4.78, 5) is 38.1. The minimum absolute atomic E-state index is 0.0477. The molecule has 1 aromatic heterocycles. The number of fused-ring (bicyclic) bond motifs is 1. The van der Waals surface area contributed by atoms with Gasteiger partial charge in [0, 0.05) is 49.9 Å². The van der Waals surface area contributed by atoms with Crippen LogP contribution in [0.15, 0.2) is 68.7 Å². The lowest BCUT2D eigenvalue weighted by molar-refractivity contribution is -0.122. The van der Waals surface area contributed by atoms with Gasteiger partial charge in [0.15, 0.2) is 0 Å². The Morgan fingerprint density at radius 3 is 2.47 bits per heavy atom. The third-order valence-corrected chi connectivity index (χ3v) is 7.14. The SMILES string of the molecule is CN(C)S(=O)(=O)c1ccc(N2CC(C(=O)Nc3ccc4oc(=O)ccc4c3)CC2=O)cc1. The number of hydrogen-bond acceptors (Lipinski definition) is 6. The number of nitrogens with one attached hydrogen (secondary N) is 1. The average molecular weight is 455 g/mol. The minimum Gasteiger partial charge on any atom is -0.423 e. The summed E-state index contributed by atoms with van der Waals surface area (Å²) in [6, 6.07) is 13.8. The lowest BCUT2D eigenvalue weighted by Crippen LogP contribution is -2.28. The summed E-state index contributed by atoms with van der Waals surface area (Å²) in [7, 11) is -0.673. The monoisotopic (exact) mass is 455 g/mol. The fourth-order valence-corrected chi connectivity index (χ4v) is 4.44. The van der Waals surface area contributed by atoms with Crippen molar-refractivity contribution in [2.24, 2.45) is 5.92 Å². The smallest absolute Gasteiger partial charge is 0.336 e. The highest BCUT2D eigenvalue weighted by Gasteiger charge is 2.35. The zero-order chi connectivity index (χ0) is 23.0. The van der Waals surface area contributed by atoms with E-state index in [-0.39, 0.29) is 29.7 Å². The molecule has 166 valence electrons. The first-order valence-electron chi connectivity index (χ1n) is 9.83. The molecule has 1 aliphatic rings. The molecule has 3 aromatic rings. The van der Waals surface area contributed by atoms with E-state index >= 15 is 0 Å². The number of sulfonamides is 1. The van der Waals surface area contributed by atoms with Gasteiger partial charge in [-0.25, -0.2) is 17.5 Å². The molecule has 0 radical (unpaired) electrons. The van der Waals surface area contributed by atoms with E-state index in [1.54, 1.807) is 36.4 Å². The number of nitrogens with zero attached hydrogens (tertiary/aromatic N) is 2. The molecule has 1 atom stereocenters. The van der Waals surface area contributed by atoms with Gasteiger partial charge in [-0.05, 0) is 48.5 Å². The van der Waals surface area contributed by atoms with Crippen molar-refractivity contribution < 1.29 is 22.4 Å². The van der Waals surface area contributed by atoms with Crippen LogP contribution in [-0.4, -0.2) is 45.2 Å². The molecule has 2 heterocycles. The molecule has 1 N–H and O–H groups in total. The topological polar surface area (TPSA) is 117 Å². The normalized spacial score (nSPS) is 16.7. The average Bonchev–Trinajstić information content (AvgIpc) is 3.15. The summed E-state index contributed by atoms with van der Waals surface area (Å²) in [6.45, 7) is 0.187. The fourth-order valence-electron chi connectivity index (χ4n) is 3.54. The number of carbonyl (C=O) groups excluding carboxylic acids is 2. The lowest BCUT2D eigenvalue weighted by Gasteiger charge is -2.18. The lowest BCUT2D eigenvalue weighted by atomic mass is 10.1. The van der Waals surface area contributed by atoms with Crippen LogP contribution >= 0.6 is 0 Å². The van der Waals surface area contributed by atoms with E-state index < -0.39 is 21.6 Å². The molecule has 32 heavy (non-hydrogen) atoms. The Labute approximate surface area is 184 Å². The van der Waals surface area contributed by atoms with E-state index in [2.05, 4.69) is 5.32 Å². The molecule has 2 aromatic carbocycles. The molecule has 10 heteroatoms. The summed E-state index contributed by atoms with van der Waals surface area (Å²) in [5, 5.41) is 3.47. The maximum atomic E-state index is 12.7. The standard InChI is InChI=1S/C22H21N3O6S/c1-24(2)32(29,30)18-7-5-17(6-8-18)25-13-15(12-20(25)26)22(28)23-16-4-9-19-14(11-16)3-10-21(27)31-19/h3-11,15H,12-13H2,1-2H3,(H,23,28). The third-order valence-electron chi connectivity index (χ3n) is 5.31. The number of anilines is 2. The summed E-state index contributed by atoms with van der Waals surface area (Å²) in [5.74, 6) is -1.07. The van der Waals surface area contributed by atoms with Crippen LogP contribution < -0.4 is 15.8 Å². The van der Waals surface area contributed by atoms with Crippen molar-refractivity contribution in [1.29, 1.82) is 0 Å². The number of benzene rings is 2. The van der Waals surface area contributed by atoms with Crippen molar-refractivity contribution in [2.75, 3.05) is 30.9 Å². The summed E-state index contributed by atoms with van der Waals surface area (Å²) in [5.41, 5.74) is 1.02. The molecule has 9 nitrogen and oxygen atoms in total. The second kappa shape index (κ2) is 8.21. The predicted octanol–water partition coefficient (Wildman–Crippen LogP) is 2.03. The van der Waals surface area contributed by atoms with Crippen LogP contribution in [-0.2, 0) is 19.6 Å². The van der Waals surface area contributed by atoms with Gasteiger partial charge in [0.05, 0.1) is 10.8 Å².